The van der Waals surface area contributed by atoms with Crippen LogP contribution in [0.2, 0.25) is 0 Å². The Balaban J connectivity index is 1.93. The van der Waals surface area contributed by atoms with E-state index in [1.54, 1.807) is 12.1 Å². The lowest BCUT2D eigenvalue weighted by Crippen LogP contribution is -2.04. The first-order chi connectivity index (χ1) is 8.29. The van der Waals surface area contributed by atoms with Crippen LogP contribution < -0.4 is 5.73 Å². The van der Waals surface area contributed by atoms with E-state index in [4.69, 9.17) is 14.9 Å². The van der Waals surface area contributed by atoms with E-state index in [-0.39, 0.29) is 18.9 Å². The average molecular weight is 231 g/mol. The van der Waals surface area contributed by atoms with Gasteiger partial charge in [-0.2, -0.15) is 0 Å². The Morgan fingerprint density at radius 1 is 1.18 bits per heavy atom. The fourth-order valence-corrected chi connectivity index (χ4v) is 1.39. The normalized spacial score (nSPS) is 10.2. The fraction of sp³-hybridized carbons (Fsp3) is 0.154. The lowest BCUT2D eigenvalue weighted by atomic mass is 10.2. The minimum Gasteiger partial charge on any atom is -0.455 e. The number of hydrogen-bond acceptors (Lipinski definition) is 4. The molecule has 0 saturated heterocycles. The highest BCUT2D eigenvalue weighted by Gasteiger charge is 2.12. The van der Waals surface area contributed by atoms with E-state index in [0.717, 1.165) is 5.56 Å². The maximum absolute atomic E-state index is 11.6. The van der Waals surface area contributed by atoms with Crippen LogP contribution in [0.5, 0.6) is 0 Å². The molecule has 2 N–H and O–H groups in total. The summed E-state index contributed by atoms with van der Waals surface area (Å²) in [7, 11) is 0. The van der Waals surface area contributed by atoms with Gasteiger partial charge in [0, 0.05) is 0 Å². The van der Waals surface area contributed by atoms with Gasteiger partial charge in [-0.25, -0.2) is 4.79 Å². The highest BCUT2D eigenvalue weighted by Crippen LogP contribution is 2.10. The van der Waals surface area contributed by atoms with Crippen molar-refractivity contribution >= 4 is 5.97 Å². The van der Waals surface area contributed by atoms with E-state index in [1.807, 2.05) is 30.3 Å². The molecule has 4 nitrogen and oxygen atoms in total. The summed E-state index contributed by atoms with van der Waals surface area (Å²) in [6, 6.07) is 12.7. The van der Waals surface area contributed by atoms with Crippen molar-refractivity contribution in [3.8, 4) is 0 Å². The molecule has 4 heteroatoms. The van der Waals surface area contributed by atoms with Crippen LogP contribution in [0.25, 0.3) is 0 Å². The number of benzene rings is 1. The Bertz CT molecular complexity index is 490. The summed E-state index contributed by atoms with van der Waals surface area (Å²) >= 11 is 0. The Morgan fingerprint density at radius 3 is 2.59 bits per heavy atom. The molecular weight excluding hydrogens is 218 g/mol. The van der Waals surface area contributed by atoms with E-state index >= 15 is 0 Å². The van der Waals surface area contributed by atoms with Gasteiger partial charge in [0.1, 0.15) is 12.4 Å². The fourth-order valence-electron chi connectivity index (χ4n) is 1.39. The number of carbonyl (C=O) groups excluding carboxylic acids is 1. The minimum absolute atomic E-state index is 0.182. The van der Waals surface area contributed by atoms with Gasteiger partial charge in [-0.05, 0) is 17.7 Å². The van der Waals surface area contributed by atoms with Crippen LogP contribution in [0, 0.1) is 0 Å². The number of rotatable bonds is 4. The zero-order valence-corrected chi connectivity index (χ0v) is 9.26. The smallest absolute Gasteiger partial charge is 0.374 e. The third-order valence-corrected chi connectivity index (χ3v) is 2.28. The third-order valence-electron chi connectivity index (χ3n) is 2.28. The largest absolute Gasteiger partial charge is 0.455 e. The van der Waals surface area contributed by atoms with Crippen LogP contribution in [0.4, 0.5) is 0 Å². The van der Waals surface area contributed by atoms with Gasteiger partial charge >= 0.3 is 5.97 Å². The lowest BCUT2D eigenvalue weighted by molar-refractivity contribution is 0.0434. The van der Waals surface area contributed by atoms with Gasteiger partial charge in [0.25, 0.3) is 0 Å². The zero-order chi connectivity index (χ0) is 12.1. The van der Waals surface area contributed by atoms with E-state index in [2.05, 4.69) is 0 Å². The van der Waals surface area contributed by atoms with E-state index in [0.29, 0.717) is 5.76 Å². The molecule has 17 heavy (non-hydrogen) atoms. The Hall–Kier alpha value is -2.07. The van der Waals surface area contributed by atoms with Crippen LogP contribution in [0.3, 0.4) is 0 Å². The quantitative estimate of drug-likeness (QED) is 0.818. The van der Waals surface area contributed by atoms with Gasteiger partial charge in [-0.15, -0.1) is 0 Å². The summed E-state index contributed by atoms with van der Waals surface area (Å²) < 4.78 is 10.3. The number of ether oxygens (including phenoxy) is 1. The summed E-state index contributed by atoms with van der Waals surface area (Å²) in [6.07, 6.45) is 0. The Kier molecular flexibility index (Phi) is 3.57. The molecule has 88 valence electrons. The lowest BCUT2D eigenvalue weighted by Gasteiger charge is -2.02. The van der Waals surface area contributed by atoms with Crippen LogP contribution >= 0.6 is 0 Å². The second-order valence-corrected chi connectivity index (χ2v) is 3.53. The van der Waals surface area contributed by atoms with Gasteiger partial charge in [-0.3, -0.25) is 0 Å². The second-order valence-electron chi connectivity index (χ2n) is 3.53. The second kappa shape index (κ2) is 5.32. The van der Waals surface area contributed by atoms with Crippen LogP contribution in [0.1, 0.15) is 21.9 Å². The van der Waals surface area contributed by atoms with Crippen LogP contribution in [-0.2, 0) is 17.9 Å². The first-order valence-corrected chi connectivity index (χ1v) is 5.29. The number of furan rings is 1. The molecule has 1 heterocycles. The molecule has 2 rings (SSSR count). The van der Waals surface area contributed by atoms with Gasteiger partial charge < -0.3 is 14.9 Å². The molecule has 0 aliphatic heterocycles. The summed E-state index contributed by atoms with van der Waals surface area (Å²) in [6.45, 7) is 0.504. The van der Waals surface area contributed by atoms with Gasteiger partial charge in [-0.1, -0.05) is 30.3 Å². The van der Waals surface area contributed by atoms with Crippen molar-refractivity contribution in [1.82, 2.24) is 0 Å². The molecule has 1 aromatic heterocycles. The van der Waals surface area contributed by atoms with Crippen LogP contribution in [-0.4, -0.2) is 5.97 Å². The molecule has 2 aromatic rings. The summed E-state index contributed by atoms with van der Waals surface area (Å²) in [5, 5.41) is 0. The van der Waals surface area contributed by atoms with Crippen molar-refractivity contribution in [2.45, 2.75) is 13.2 Å². The molecule has 0 bridgehead atoms. The standard InChI is InChI=1S/C13H13NO3/c14-8-11-6-7-12(17-11)13(15)16-9-10-4-2-1-3-5-10/h1-7H,8-9,14H2. The van der Waals surface area contributed by atoms with Crippen molar-refractivity contribution < 1.29 is 13.9 Å². The molecule has 0 fully saturated rings. The molecule has 0 amide bonds. The predicted octanol–water partition coefficient (Wildman–Crippen LogP) is 2.10. The van der Waals surface area contributed by atoms with E-state index in [9.17, 15) is 4.79 Å². The van der Waals surface area contributed by atoms with Gasteiger partial charge in [0.05, 0.1) is 6.54 Å². The summed E-state index contributed by atoms with van der Waals surface area (Å²) in [4.78, 5) is 11.6. The highest BCUT2D eigenvalue weighted by molar-refractivity contribution is 5.86. The molecule has 0 atom stereocenters. The predicted molar refractivity (Wildman–Crippen MR) is 62.2 cm³/mol. The topological polar surface area (TPSA) is 65.5 Å². The highest BCUT2D eigenvalue weighted by atomic mass is 16.5. The molecule has 1 aromatic carbocycles. The number of nitrogens with two attached hydrogens (primary N) is 1. The van der Waals surface area contributed by atoms with Crippen molar-refractivity contribution in [2.75, 3.05) is 0 Å². The minimum atomic E-state index is -0.478. The Labute approximate surface area is 99.0 Å². The molecule has 0 saturated carbocycles. The SMILES string of the molecule is NCc1ccc(C(=O)OCc2ccccc2)o1. The van der Waals surface area contributed by atoms with Gasteiger partial charge in [0.15, 0.2) is 0 Å². The summed E-state index contributed by atoms with van der Waals surface area (Å²) in [5.41, 5.74) is 6.32. The van der Waals surface area contributed by atoms with Gasteiger partial charge in [0.2, 0.25) is 5.76 Å². The molecule has 0 radical (unpaired) electrons. The number of carbonyl (C=O) groups is 1. The first-order valence-electron chi connectivity index (χ1n) is 5.29. The molecule has 0 aliphatic carbocycles. The summed E-state index contributed by atoms with van der Waals surface area (Å²) in [5.74, 6) is 0.270. The van der Waals surface area contributed by atoms with Crippen LogP contribution in [0.15, 0.2) is 46.9 Å². The van der Waals surface area contributed by atoms with Crippen molar-refractivity contribution in [3.05, 3.63) is 59.5 Å². The number of hydrogen-bond donors (Lipinski definition) is 1. The van der Waals surface area contributed by atoms with Crippen molar-refractivity contribution in [2.24, 2.45) is 5.73 Å². The zero-order valence-electron chi connectivity index (χ0n) is 9.26. The first kappa shape index (κ1) is 11.4. The Morgan fingerprint density at radius 2 is 1.94 bits per heavy atom. The number of esters is 1. The maximum Gasteiger partial charge on any atom is 0.374 e. The maximum atomic E-state index is 11.6. The van der Waals surface area contributed by atoms with E-state index < -0.39 is 5.97 Å². The van der Waals surface area contributed by atoms with Crippen molar-refractivity contribution in [1.29, 1.82) is 0 Å². The molecule has 0 aliphatic rings. The van der Waals surface area contributed by atoms with E-state index in [1.165, 1.54) is 0 Å². The molecule has 0 spiro atoms. The molecular formula is C13H13NO3. The van der Waals surface area contributed by atoms with Crippen molar-refractivity contribution in [3.63, 3.8) is 0 Å². The average Bonchev–Trinajstić information content (AvgIpc) is 2.86. The third kappa shape index (κ3) is 2.95. The monoisotopic (exact) mass is 231 g/mol. The molecule has 0 unspecified atom stereocenters.